The van der Waals surface area contributed by atoms with E-state index < -0.39 is 6.04 Å². The van der Waals surface area contributed by atoms with Crippen molar-refractivity contribution in [3.63, 3.8) is 0 Å². The van der Waals surface area contributed by atoms with Crippen LogP contribution in [0, 0.1) is 6.92 Å². The largest absolute Gasteiger partial charge is 0.337 e. The van der Waals surface area contributed by atoms with E-state index in [9.17, 15) is 9.59 Å². The average molecular weight is 531 g/mol. The van der Waals surface area contributed by atoms with Gasteiger partial charge in [-0.05, 0) is 43.7 Å². The summed E-state index contributed by atoms with van der Waals surface area (Å²) < 4.78 is 0. The number of aryl methyl sites for hydroxylation is 1. The Labute approximate surface area is 231 Å². The van der Waals surface area contributed by atoms with Crippen LogP contribution in [0.3, 0.4) is 0 Å². The molecule has 0 radical (unpaired) electrons. The summed E-state index contributed by atoms with van der Waals surface area (Å²) in [6.45, 7) is 4.50. The van der Waals surface area contributed by atoms with Gasteiger partial charge in [-0.2, -0.15) is 0 Å². The minimum absolute atomic E-state index is 0.00588. The number of ketones is 1. The molecule has 6 nitrogen and oxygen atoms in total. The molecule has 0 spiro atoms. The van der Waals surface area contributed by atoms with Gasteiger partial charge in [0.1, 0.15) is 11.9 Å². The van der Waals surface area contributed by atoms with E-state index in [1.807, 2.05) is 97.6 Å². The predicted molar refractivity (Wildman–Crippen MR) is 157 cm³/mol. The zero-order chi connectivity index (χ0) is 26.9. The Bertz CT molecular complexity index is 1670. The zero-order valence-corrected chi connectivity index (χ0v) is 22.4. The summed E-state index contributed by atoms with van der Waals surface area (Å²) in [5.41, 5.74) is 6.20. The number of amides is 1. The first-order chi connectivity index (χ1) is 19.0. The summed E-state index contributed by atoms with van der Waals surface area (Å²) in [4.78, 5) is 39.0. The highest BCUT2D eigenvalue weighted by Gasteiger charge is 2.34. The van der Waals surface area contributed by atoms with Gasteiger partial charge in [0.05, 0.1) is 16.3 Å². The van der Waals surface area contributed by atoms with Crippen LogP contribution in [0.5, 0.6) is 0 Å². The number of nitrogens with zero attached hydrogens (tertiary/aromatic N) is 3. The van der Waals surface area contributed by atoms with Gasteiger partial charge in [0.25, 0.3) is 5.91 Å². The molecular weight excluding hydrogens is 504 g/mol. The summed E-state index contributed by atoms with van der Waals surface area (Å²) in [7, 11) is 0. The molecule has 0 fully saturated rings. The lowest BCUT2D eigenvalue weighted by Gasteiger charge is -2.35. The maximum atomic E-state index is 13.1. The van der Waals surface area contributed by atoms with Gasteiger partial charge in [-0.25, -0.2) is 9.98 Å². The molecule has 1 aliphatic carbocycles. The van der Waals surface area contributed by atoms with E-state index in [-0.39, 0.29) is 11.7 Å². The summed E-state index contributed by atoms with van der Waals surface area (Å²) in [5, 5.41) is 3.45. The Kier molecular flexibility index (Phi) is 6.50. The summed E-state index contributed by atoms with van der Waals surface area (Å²) in [6, 6.07) is 24.8. The molecule has 0 saturated heterocycles. The number of nitrogens with one attached hydrogen (secondary N) is 1. The number of hydrogen-bond donors (Lipinski definition) is 1. The number of hydrogen-bond acceptors (Lipinski definition) is 6. The molecule has 39 heavy (non-hydrogen) atoms. The lowest BCUT2D eigenvalue weighted by molar-refractivity contribution is -0.117. The quantitative estimate of drug-likeness (QED) is 0.311. The van der Waals surface area contributed by atoms with Gasteiger partial charge in [-0.3, -0.25) is 14.9 Å². The maximum Gasteiger partial charge on any atom is 0.257 e. The standard InChI is InChI=1S/C32H26N4O2S/c1-20-12-15-23(16-13-20)31(38)35-32-34-28(22-8-4-3-5-9-22)29(39-32)30-33-25-11-7-6-10-24(25)19-36(30)26-18-21(2)14-17-27(26)37/h3-18,26H,19H2,1-2H3,(H,34,35,38). The molecule has 7 heteroatoms. The van der Waals surface area contributed by atoms with Crippen molar-refractivity contribution in [3.8, 4) is 11.3 Å². The molecule has 1 aromatic heterocycles. The fourth-order valence-electron chi connectivity index (χ4n) is 4.74. The van der Waals surface area contributed by atoms with E-state index >= 15 is 0 Å². The molecule has 0 saturated carbocycles. The van der Waals surface area contributed by atoms with Gasteiger partial charge in [0, 0.05) is 17.7 Å². The van der Waals surface area contributed by atoms with E-state index in [0.29, 0.717) is 28.8 Å². The molecule has 1 atom stereocenters. The van der Waals surface area contributed by atoms with E-state index in [2.05, 4.69) is 5.32 Å². The van der Waals surface area contributed by atoms with Crippen molar-refractivity contribution in [3.05, 3.63) is 124 Å². The second-order valence-corrected chi connectivity index (χ2v) is 10.7. The second-order valence-electron chi connectivity index (χ2n) is 9.67. The second kappa shape index (κ2) is 10.3. The van der Waals surface area contributed by atoms with E-state index in [1.165, 1.54) is 11.3 Å². The van der Waals surface area contributed by atoms with E-state index in [1.54, 1.807) is 18.2 Å². The maximum absolute atomic E-state index is 13.1. The van der Waals surface area contributed by atoms with Gasteiger partial charge in [0.2, 0.25) is 0 Å². The number of fused-ring (bicyclic) bond motifs is 1. The number of allylic oxidation sites excluding steroid dienone is 2. The number of amidine groups is 1. The fraction of sp³-hybridized carbons (Fsp3) is 0.125. The van der Waals surface area contributed by atoms with Gasteiger partial charge in [-0.1, -0.05) is 95.3 Å². The van der Waals surface area contributed by atoms with Crippen LogP contribution in [0.1, 0.15) is 33.3 Å². The molecule has 1 unspecified atom stereocenters. The molecule has 4 aromatic rings. The van der Waals surface area contributed by atoms with Gasteiger partial charge in [-0.15, -0.1) is 0 Å². The fourth-order valence-corrected chi connectivity index (χ4v) is 5.72. The third kappa shape index (κ3) is 4.96. The van der Waals surface area contributed by atoms with Crippen LogP contribution in [-0.4, -0.2) is 33.5 Å². The SMILES string of the molecule is CC1=CC(N2Cc3ccccc3N=C2c2sc(NC(=O)c3ccc(C)cc3)nc2-c2ccccc2)C(=O)C=C1. The Morgan fingerprint density at radius 2 is 1.69 bits per heavy atom. The predicted octanol–water partition coefficient (Wildman–Crippen LogP) is 6.72. The first kappa shape index (κ1) is 24.7. The normalized spacial score (nSPS) is 16.4. The van der Waals surface area contributed by atoms with Crippen LogP contribution in [0.4, 0.5) is 10.8 Å². The first-order valence-electron chi connectivity index (χ1n) is 12.7. The topological polar surface area (TPSA) is 74.7 Å². The lowest BCUT2D eigenvalue weighted by Crippen LogP contribution is -2.45. The minimum Gasteiger partial charge on any atom is -0.337 e. The highest BCUT2D eigenvalue weighted by Crippen LogP contribution is 2.38. The van der Waals surface area contributed by atoms with Crippen molar-refractivity contribution in [2.24, 2.45) is 4.99 Å². The molecule has 1 N–H and O–H groups in total. The average Bonchev–Trinajstić information content (AvgIpc) is 3.38. The Balaban J connectivity index is 1.47. The number of para-hydroxylation sites is 1. The highest BCUT2D eigenvalue weighted by atomic mass is 32.1. The number of aromatic nitrogens is 1. The van der Waals surface area contributed by atoms with Crippen molar-refractivity contribution >= 4 is 39.7 Å². The van der Waals surface area contributed by atoms with Gasteiger partial charge >= 0.3 is 0 Å². The monoisotopic (exact) mass is 530 g/mol. The van der Waals surface area contributed by atoms with Crippen LogP contribution in [-0.2, 0) is 11.3 Å². The number of thiazole rings is 1. The zero-order valence-electron chi connectivity index (χ0n) is 21.6. The molecule has 192 valence electrons. The summed E-state index contributed by atoms with van der Waals surface area (Å²) >= 11 is 1.37. The molecule has 2 aliphatic rings. The Morgan fingerprint density at radius 1 is 0.949 bits per heavy atom. The van der Waals surface area contributed by atoms with Crippen LogP contribution in [0.15, 0.2) is 108 Å². The molecule has 3 aromatic carbocycles. The van der Waals surface area contributed by atoms with Crippen LogP contribution >= 0.6 is 11.3 Å². The number of anilines is 1. The van der Waals surface area contributed by atoms with E-state index in [0.717, 1.165) is 32.8 Å². The summed E-state index contributed by atoms with van der Waals surface area (Å²) in [6.07, 6.45) is 5.46. The van der Waals surface area contributed by atoms with Crippen molar-refractivity contribution in [2.75, 3.05) is 5.32 Å². The number of carbonyl (C=O) groups excluding carboxylic acids is 2. The molecular formula is C32H26N4O2S. The van der Waals surface area contributed by atoms with Crippen LogP contribution in [0.2, 0.25) is 0 Å². The molecule has 1 aliphatic heterocycles. The lowest BCUT2D eigenvalue weighted by atomic mass is 9.98. The third-order valence-electron chi connectivity index (χ3n) is 6.80. The Morgan fingerprint density at radius 3 is 2.49 bits per heavy atom. The number of rotatable bonds is 5. The summed E-state index contributed by atoms with van der Waals surface area (Å²) in [5.74, 6) is 0.443. The first-order valence-corrected chi connectivity index (χ1v) is 13.6. The number of aliphatic imine (C=N–C) groups is 1. The number of carbonyl (C=O) groups is 2. The molecule has 6 rings (SSSR count). The minimum atomic E-state index is -0.488. The van der Waals surface area contributed by atoms with Crippen molar-refractivity contribution in [1.82, 2.24) is 9.88 Å². The number of benzene rings is 3. The van der Waals surface area contributed by atoms with E-state index in [4.69, 9.17) is 9.98 Å². The van der Waals surface area contributed by atoms with Gasteiger partial charge < -0.3 is 4.90 Å². The Hall–Kier alpha value is -4.62. The van der Waals surface area contributed by atoms with Crippen LogP contribution in [0.25, 0.3) is 11.3 Å². The van der Waals surface area contributed by atoms with Gasteiger partial charge in [0.15, 0.2) is 10.9 Å². The highest BCUT2D eigenvalue weighted by molar-refractivity contribution is 7.18. The molecule has 0 bridgehead atoms. The molecule has 2 heterocycles. The van der Waals surface area contributed by atoms with Crippen molar-refractivity contribution in [2.45, 2.75) is 26.4 Å². The third-order valence-corrected chi connectivity index (χ3v) is 7.77. The molecule has 1 amide bonds. The van der Waals surface area contributed by atoms with Crippen molar-refractivity contribution in [1.29, 1.82) is 0 Å². The smallest absolute Gasteiger partial charge is 0.257 e. The van der Waals surface area contributed by atoms with Crippen molar-refractivity contribution < 1.29 is 9.59 Å². The van der Waals surface area contributed by atoms with Crippen LogP contribution < -0.4 is 5.32 Å².